The minimum Gasteiger partial charge on any atom is -0.481 e. The summed E-state index contributed by atoms with van der Waals surface area (Å²) in [6.07, 6.45) is 2.07. The summed E-state index contributed by atoms with van der Waals surface area (Å²) in [5.74, 6) is -0.859. The average molecular weight is 258 g/mol. The number of hydrogen-bond donors (Lipinski definition) is 2. The van der Waals surface area contributed by atoms with Gasteiger partial charge in [-0.3, -0.25) is 14.5 Å². The number of hydrogen-bond acceptors (Lipinski definition) is 3. The molecule has 0 saturated carbocycles. The summed E-state index contributed by atoms with van der Waals surface area (Å²) in [6, 6.07) is -0.430. The third-order valence-electron chi connectivity index (χ3n) is 3.11. The van der Waals surface area contributed by atoms with Crippen LogP contribution in [0.1, 0.15) is 47.0 Å². The number of aliphatic carboxylic acids is 1. The topological polar surface area (TPSA) is 69.6 Å². The quantitative estimate of drug-likeness (QED) is 0.615. The van der Waals surface area contributed by atoms with Crippen LogP contribution in [0.25, 0.3) is 0 Å². The van der Waals surface area contributed by atoms with Gasteiger partial charge in [0, 0.05) is 12.6 Å². The molecule has 5 nitrogen and oxygen atoms in total. The lowest BCUT2D eigenvalue weighted by atomic mass is 10.1. The zero-order valence-corrected chi connectivity index (χ0v) is 11.9. The molecule has 0 aromatic rings. The van der Waals surface area contributed by atoms with Gasteiger partial charge in [-0.25, -0.2) is 0 Å². The van der Waals surface area contributed by atoms with Crippen molar-refractivity contribution >= 4 is 11.9 Å². The van der Waals surface area contributed by atoms with E-state index in [1.165, 1.54) is 0 Å². The van der Waals surface area contributed by atoms with Gasteiger partial charge in [-0.15, -0.1) is 0 Å². The number of carboxylic acids is 1. The Bertz CT molecular complexity index is 269. The molecule has 5 heteroatoms. The molecule has 0 aromatic heterocycles. The highest BCUT2D eigenvalue weighted by Gasteiger charge is 2.25. The fraction of sp³-hybridized carbons (Fsp3) is 0.846. The van der Waals surface area contributed by atoms with Crippen LogP contribution in [0, 0.1) is 0 Å². The molecule has 0 rings (SSSR count). The molecule has 106 valence electrons. The maximum absolute atomic E-state index is 11.9. The molecule has 0 bridgehead atoms. The monoisotopic (exact) mass is 258 g/mol. The lowest BCUT2D eigenvalue weighted by Crippen LogP contribution is -2.49. The summed E-state index contributed by atoms with van der Waals surface area (Å²) < 4.78 is 0. The van der Waals surface area contributed by atoms with E-state index in [9.17, 15) is 9.59 Å². The third-order valence-corrected chi connectivity index (χ3v) is 3.11. The number of carboxylic acid groups (broad SMARTS) is 1. The van der Waals surface area contributed by atoms with Gasteiger partial charge in [0.1, 0.15) is 0 Å². The number of nitrogens with one attached hydrogen (secondary N) is 1. The predicted molar refractivity (Wildman–Crippen MR) is 71.5 cm³/mol. The van der Waals surface area contributed by atoms with Crippen molar-refractivity contribution in [2.75, 3.05) is 13.1 Å². The Hall–Kier alpha value is -1.10. The van der Waals surface area contributed by atoms with Crippen LogP contribution in [0.2, 0.25) is 0 Å². The van der Waals surface area contributed by atoms with Gasteiger partial charge in [0.25, 0.3) is 0 Å². The lowest BCUT2D eigenvalue weighted by molar-refractivity contribution is -0.139. The van der Waals surface area contributed by atoms with E-state index in [4.69, 9.17) is 5.11 Å². The molecule has 0 aliphatic heterocycles. The maximum Gasteiger partial charge on any atom is 0.304 e. The van der Waals surface area contributed by atoms with E-state index >= 15 is 0 Å². The summed E-state index contributed by atoms with van der Waals surface area (Å²) in [4.78, 5) is 24.5. The maximum atomic E-state index is 11.9. The first-order chi connectivity index (χ1) is 8.43. The van der Waals surface area contributed by atoms with E-state index < -0.39 is 5.97 Å². The molecule has 0 radical (unpaired) electrons. The first-order valence-corrected chi connectivity index (χ1v) is 6.69. The number of carbonyl (C=O) groups is 2. The second-order valence-electron chi connectivity index (χ2n) is 4.60. The van der Waals surface area contributed by atoms with Crippen molar-refractivity contribution in [3.05, 3.63) is 0 Å². The zero-order chi connectivity index (χ0) is 14.1. The van der Waals surface area contributed by atoms with Gasteiger partial charge in [-0.1, -0.05) is 20.3 Å². The number of nitrogens with zero attached hydrogens (tertiary/aromatic N) is 1. The van der Waals surface area contributed by atoms with Crippen molar-refractivity contribution in [3.8, 4) is 0 Å². The molecular formula is C13H26N2O3. The first kappa shape index (κ1) is 16.9. The Kier molecular flexibility index (Phi) is 8.37. The molecule has 0 heterocycles. The van der Waals surface area contributed by atoms with Crippen molar-refractivity contribution in [1.82, 2.24) is 10.2 Å². The third kappa shape index (κ3) is 6.00. The Balaban J connectivity index is 4.35. The Labute approximate surface area is 110 Å². The molecule has 0 aliphatic rings. The highest BCUT2D eigenvalue weighted by Crippen LogP contribution is 2.09. The van der Waals surface area contributed by atoms with Crippen molar-refractivity contribution in [3.63, 3.8) is 0 Å². The minimum absolute atomic E-state index is 0.0254. The summed E-state index contributed by atoms with van der Waals surface area (Å²) in [5, 5.41) is 11.7. The highest BCUT2D eigenvalue weighted by molar-refractivity contribution is 5.81. The molecule has 0 saturated heterocycles. The zero-order valence-electron chi connectivity index (χ0n) is 11.9. The number of rotatable bonds is 9. The molecule has 18 heavy (non-hydrogen) atoms. The van der Waals surface area contributed by atoms with Crippen LogP contribution < -0.4 is 5.32 Å². The van der Waals surface area contributed by atoms with E-state index in [0.717, 1.165) is 12.8 Å². The predicted octanol–water partition coefficient (Wildman–Crippen LogP) is 1.48. The van der Waals surface area contributed by atoms with E-state index in [0.29, 0.717) is 13.1 Å². The normalized spacial score (nSPS) is 14.3. The second-order valence-corrected chi connectivity index (χ2v) is 4.60. The highest BCUT2D eigenvalue weighted by atomic mass is 16.4. The SMILES string of the molecule is CCCCNC(=O)C(C)N(CC)C(C)CC(=O)O. The summed E-state index contributed by atoms with van der Waals surface area (Å²) in [6.45, 7) is 9.02. The van der Waals surface area contributed by atoms with Gasteiger partial charge in [0.15, 0.2) is 0 Å². The van der Waals surface area contributed by atoms with Gasteiger partial charge < -0.3 is 10.4 Å². The largest absolute Gasteiger partial charge is 0.481 e. The fourth-order valence-corrected chi connectivity index (χ4v) is 2.02. The molecule has 2 atom stereocenters. The molecule has 0 aliphatic carbocycles. The van der Waals surface area contributed by atoms with Crippen LogP contribution in [-0.2, 0) is 9.59 Å². The number of unbranched alkanes of at least 4 members (excludes halogenated alkanes) is 1. The number of amides is 1. The lowest BCUT2D eigenvalue weighted by Gasteiger charge is -2.31. The van der Waals surface area contributed by atoms with E-state index in [2.05, 4.69) is 12.2 Å². The average Bonchev–Trinajstić information content (AvgIpc) is 2.28. The van der Waals surface area contributed by atoms with Gasteiger partial charge in [0.05, 0.1) is 12.5 Å². The molecule has 0 spiro atoms. The van der Waals surface area contributed by atoms with Crippen LogP contribution >= 0.6 is 0 Å². The first-order valence-electron chi connectivity index (χ1n) is 6.69. The molecule has 0 aromatic carbocycles. The van der Waals surface area contributed by atoms with E-state index in [1.54, 1.807) is 0 Å². The minimum atomic E-state index is -0.834. The molecule has 2 unspecified atom stereocenters. The van der Waals surface area contributed by atoms with Gasteiger partial charge >= 0.3 is 5.97 Å². The Morgan fingerprint density at radius 2 is 1.89 bits per heavy atom. The van der Waals surface area contributed by atoms with Crippen LogP contribution in [0.15, 0.2) is 0 Å². The van der Waals surface area contributed by atoms with E-state index in [-0.39, 0.29) is 24.4 Å². The van der Waals surface area contributed by atoms with Gasteiger partial charge in [-0.05, 0) is 26.8 Å². The Morgan fingerprint density at radius 3 is 2.33 bits per heavy atom. The van der Waals surface area contributed by atoms with Gasteiger partial charge in [-0.2, -0.15) is 0 Å². The molecular weight excluding hydrogens is 232 g/mol. The van der Waals surface area contributed by atoms with Crippen LogP contribution in [-0.4, -0.2) is 47.1 Å². The molecule has 1 amide bonds. The number of likely N-dealkylation sites (N-methyl/N-ethyl adjacent to an activating group) is 1. The summed E-state index contributed by atoms with van der Waals surface area (Å²) in [7, 11) is 0. The Morgan fingerprint density at radius 1 is 1.28 bits per heavy atom. The smallest absolute Gasteiger partial charge is 0.304 e. The summed E-state index contributed by atoms with van der Waals surface area (Å²) in [5.41, 5.74) is 0. The van der Waals surface area contributed by atoms with Crippen LogP contribution in [0.5, 0.6) is 0 Å². The van der Waals surface area contributed by atoms with Gasteiger partial charge in [0.2, 0.25) is 5.91 Å². The standard InChI is InChI=1S/C13H26N2O3/c1-5-7-8-14-13(18)11(4)15(6-2)10(3)9-12(16)17/h10-11H,5-9H2,1-4H3,(H,14,18)(H,16,17). The fourth-order valence-electron chi connectivity index (χ4n) is 2.02. The van der Waals surface area contributed by atoms with Crippen LogP contribution in [0.4, 0.5) is 0 Å². The molecule has 0 fully saturated rings. The van der Waals surface area contributed by atoms with Crippen molar-refractivity contribution < 1.29 is 14.7 Å². The van der Waals surface area contributed by atoms with Crippen molar-refractivity contribution in [1.29, 1.82) is 0 Å². The van der Waals surface area contributed by atoms with Crippen LogP contribution in [0.3, 0.4) is 0 Å². The van der Waals surface area contributed by atoms with Crippen molar-refractivity contribution in [2.45, 2.75) is 59.0 Å². The number of carbonyl (C=O) groups excluding carboxylic acids is 1. The second kappa shape index (κ2) is 8.91. The molecule has 2 N–H and O–H groups in total. The summed E-state index contributed by atoms with van der Waals surface area (Å²) >= 11 is 0. The van der Waals surface area contributed by atoms with E-state index in [1.807, 2.05) is 25.7 Å². The van der Waals surface area contributed by atoms with Crippen molar-refractivity contribution in [2.24, 2.45) is 0 Å².